The van der Waals surface area contributed by atoms with Gasteiger partial charge in [0.05, 0.1) is 11.8 Å². The predicted molar refractivity (Wildman–Crippen MR) is 92.1 cm³/mol. The fraction of sp³-hybridized carbons (Fsp3) is 0.818. The van der Waals surface area contributed by atoms with Gasteiger partial charge in [0, 0.05) is 6.54 Å². The lowest BCUT2D eigenvalue weighted by Crippen LogP contribution is -2.52. The van der Waals surface area contributed by atoms with Crippen LogP contribution >= 0.6 is 0 Å². The maximum atomic E-state index is 13.3. The van der Waals surface area contributed by atoms with Crippen LogP contribution in [0.5, 0.6) is 0 Å². The lowest BCUT2D eigenvalue weighted by atomic mass is 9.49. The first-order chi connectivity index (χ1) is 12.1. The van der Waals surface area contributed by atoms with Gasteiger partial charge in [-0.2, -0.15) is 0 Å². The summed E-state index contributed by atoms with van der Waals surface area (Å²) in [6.45, 7) is 0.758. The van der Waals surface area contributed by atoms with Gasteiger partial charge in [-0.05, 0) is 91.8 Å². The molecule has 0 N–H and O–H groups in total. The van der Waals surface area contributed by atoms with E-state index in [0.29, 0.717) is 17.3 Å². The third-order valence-electron chi connectivity index (χ3n) is 9.60. The van der Waals surface area contributed by atoms with Gasteiger partial charge >= 0.3 is 0 Å². The minimum absolute atomic E-state index is 0.00101. The number of hydrogen-bond donors (Lipinski definition) is 0. The van der Waals surface area contributed by atoms with Gasteiger partial charge in [0.2, 0.25) is 11.8 Å². The summed E-state index contributed by atoms with van der Waals surface area (Å²) in [5.41, 5.74) is 0.607. The Balaban J connectivity index is 1.20. The Morgan fingerprint density at radius 3 is 1.76 bits per heavy atom. The highest BCUT2D eigenvalue weighted by Crippen LogP contribution is 2.73. The van der Waals surface area contributed by atoms with Crippen molar-refractivity contribution in [1.29, 1.82) is 0 Å². The molecule has 132 valence electrons. The highest BCUT2D eigenvalue weighted by Gasteiger charge is 2.73. The first-order valence-electron chi connectivity index (χ1n) is 10.6. The standard InChI is InChI=1S/C22H27NO2/c24-19-17-15-1-2-16(22(15)3-4-22)18(17)20(25)23(19)11-21-8-12-5-13(9-21)7-14(6-12)10-21/h1-2,12-18H,3-11H2/t12?,13?,14?,15-,16+,17+,18-,21?. The summed E-state index contributed by atoms with van der Waals surface area (Å²) in [4.78, 5) is 28.4. The number of carbonyl (C=O) groups excluding carboxylic acids is 2. The Morgan fingerprint density at radius 1 is 0.840 bits per heavy atom. The van der Waals surface area contributed by atoms with Crippen LogP contribution in [0.1, 0.15) is 51.4 Å². The van der Waals surface area contributed by atoms with Crippen molar-refractivity contribution < 1.29 is 9.59 Å². The van der Waals surface area contributed by atoms with Crippen LogP contribution in [0, 0.1) is 52.3 Å². The zero-order valence-electron chi connectivity index (χ0n) is 14.8. The second-order valence-corrected chi connectivity index (χ2v) is 10.9. The van der Waals surface area contributed by atoms with E-state index < -0.39 is 0 Å². The van der Waals surface area contributed by atoms with E-state index in [1.54, 1.807) is 4.90 Å². The third kappa shape index (κ3) is 1.52. The minimum atomic E-state index is -0.00101. The summed E-state index contributed by atoms with van der Waals surface area (Å²) in [7, 11) is 0. The molecule has 6 bridgehead atoms. The van der Waals surface area contributed by atoms with Crippen molar-refractivity contribution in [3.63, 3.8) is 0 Å². The number of carbonyl (C=O) groups is 2. The van der Waals surface area contributed by atoms with Gasteiger partial charge < -0.3 is 0 Å². The number of nitrogens with zero attached hydrogens (tertiary/aromatic N) is 1. The second-order valence-electron chi connectivity index (χ2n) is 10.9. The van der Waals surface area contributed by atoms with Crippen LogP contribution in [0.4, 0.5) is 0 Å². The molecule has 7 fully saturated rings. The van der Waals surface area contributed by atoms with Crippen LogP contribution in [-0.2, 0) is 9.59 Å². The molecule has 0 aromatic carbocycles. The number of allylic oxidation sites excluding steroid dienone is 2. The summed E-state index contributed by atoms with van der Waals surface area (Å²) in [6, 6.07) is 0. The van der Waals surface area contributed by atoms with E-state index >= 15 is 0 Å². The first kappa shape index (κ1) is 14.0. The summed E-state index contributed by atoms with van der Waals surface area (Å²) < 4.78 is 0. The minimum Gasteiger partial charge on any atom is -0.282 e. The van der Waals surface area contributed by atoms with Crippen molar-refractivity contribution >= 4 is 11.8 Å². The van der Waals surface area contributed by atoms with Crippen LogP contribution in [-0.4, -0.2) is 23.3 Å². The Labute approximate surface area is 149 Å². The molecule has 8 aliphatic rings. The maximum Gasteiger partial charge on any atom is 0.233 e. The molecule has 1 spiro atoms. The van der Waals surface area contributed by atoms with Gasteiger partial charge in [-0.3, -0.25) is 14.5 Å². The summed E-state index contributed by atoms with van der Waals surface area (Å²) in [5, 5.41) is 0. The number of amides is 2. The average Bonchev–Trinajstić information content (AvgIpc) is 3.17. The van der Waals surface area contributed by atoms with Gasteiger partial charge in [-0.25, -0.2) is 0 Å². The molecule has 7 aliphatic carbocycles. The molecule has 3 heteroatoms. The second kappa shape index (κ2) is 4.07. The molecule has 8 rings (SSSR count). The normalized spacial score (nSPS) is 55.7. The Bertz CT molecular complexity index is 663. The topological polar surface area (TPSA) is 37.4 Å². The Kier molecular flexibility index (Phi) is 2.28. The van der Waals surface area contributed by atoms with Gasteiger partial charge in [-0.15, -0.1) is 0 Å². The van der Waals surface area contributed by atoms with Crippen molar-refractivity contribution in [3.8, 4) is 0 Å². The molecule has 6 saturated carbocycles. The molecule has 1 aliphatic heterocycles. The number of hydrogen-bond acceptors (Lipinski definition) is 2. The molecule has 0 aromatic heterocycles. The fourth-order valence-electron chi connectivity index (χ4n) is 9.12. The smallest absolute Gasteiger partial charge is 0.233 e. The highest BCUT2D eigenvalue weighted by atomic mass is 16.2. The van der Waals surface area contributed by atoms with Crippen molar-refractivity contribution in [2.75, 3.05) is 6.54 Å². The van der Waals surface area contributed by atoms with E-state index in [0.717, 1.165) is 24.3 Å². The van der Waals surface area contributed by atoms with E-state index in [1.165, 1.54) is 51.4 Å². The lowest BCUT2D eigenvalue weighted by Gasteiger charge is -2.57. The molecule has 0 aromatic rings. The quantitative estimate of drug-likeness (QED) is 0.572. The first-order valence-corrected chi connectivity index (χ1v) is 10.6. The third-order valence-corrected chi connectivity index (χ3v) is 9.60. The lowest BCUT2D eigenvalue weighted by molar-refractivity contribution is -0.147. The predicted octanol–water partition coefficient (Wildman–Crippen LogP) is 3.40. The van der Waals surface area contributed by atoms with Gasteiger partial charge in [-0.1, -0.05) is 12.2 Å². The van der Waals surface area contributed by atoms with Crippen molar-refractivity contribution in [1.82, 2.24) is 4.90 Å². The highest BCUT2D eigenvalue weighted by molar-refractivity contribution is 6.06. The van der Waals surface area contributed by atoms with E-state index in [-0.39, 0.29) is 29.1 Å². The van der Waals surface area contributed by atoms with Crippen molar-refractivity contribution in [2.45, 2.75) is 51.4 Å². The van der Waals surface area contributed by atoms with Crippen molar-refractivity contribution in [3.05, 3.63) is 12.2 Å². The Hall–Kier alpha value is -1.12. The summed E-state index contributed by atoms with van der Waals surface area (Å²) in [5.74, 6) is 3.80. The zero-order chi connectivity index (χ0) is 16.6. The summed E-state index contributed by atoms with van der Waals surface area (Å²) >= 11 is 0. The van der Waals surface area contributed by atoms with Crippen LogP contribution in [0.25, 0.3) is 0 Å². The summed E-state index contributed by atoms with van der Waals surface area (Å²) in [6.07, 6.45) is 15.1. The largest absolute Gasteiger partial charge is 0.282 e. The maximum absolute atomic E-state index is 13.3. The SMILES string of the molecule is O=C1[C@@H]2[C@H](C(=O)N1CC13CC4CC(CC(C4)C1)C3)[C@@H]1C=C[C@H]2C12CC2. The average molecular weight is 337 g/mol. The van der Waals surface area contributed by atoms with Crippen LogP contribution < -0.4 is 0 Å². The van der Waals surface area contributed by atoms with E-state index in [1.807, 2.05) is 0 Å². The van der Waals surface area contributed by atoms with E-state index in [2.05, 4.69) is 12.2 Å². The number of rotatable bonds is 2. The molecule has 1 heterocycles. The number of fused-ring (bicyclic) bond motifs is 3. The van der Waals surface area contributed by atoms with Gasteiger partial charge in [0.15, 0.2) is 0 Å². The molecular weight excluding hydrogens is 310 g/mol. The van der Waals surface area contributed by atoms with Crippen LogP contribution in [0.2, 0.25) is 0 Å². The van der Waals surface area contributed by atoms with Crippen LogP contribution in [0.15, 0.2) is 12.2 Å². The molecule has 4 atom stereocenters. The molecular formula is C22H27NO2. The molecule has 1 saturated heterocycles. The van der Waals surface area contributed by atoms with E-state index in [4.69, 9.17) is 0 Å². The molecule has 2 amide bonds. The molecule has 25 heavy (non-hydrogen) atoms. The fourth-order valence-corrected chi connectivity index (χ4v) is 9.12. The van der Waals surface area contributed by atoms with E-state index in [9.17, 15) is 9.59 Å². The number of imide groups is 1. The Morgan fingerprint density at radius 2 is 1.32 bits per heavy atom. The monoisotopic (exact) mass is 337 g/mol. The van der Waals surface area contributed by atoms with Gasteiger partial charge in [0.25, 0.3) is 0 Å². The molecule has 3 nitrogen and oxygen atoms in total. The van der Waals surface area contributed by atoms with Crippen molar-refractivity contribution in [2.24, 2.45) is 52.3 Å². The molecule has 0 radical (unpaired) electrons. The zero-order valence-corrected chi connectivity index (χ0v) is 14.8. The van der Waals surface area contributed by atoms with Crippen LogP contribution in [0.3, 0.4) is 0 Å². The number of likely N-dealkylation sites (tertiary alicyclic amines) is 1. The molecule has 0 unspecified atom stereocenters. The van der Waals surface area contributed by atoms with Gasteiger partial charge in [0.1, 0.15) is 0 Å².